The molecular weight excluding hydrogens is 250 g/mol. The smallest absolute Gasteiger partial charge is 0.0701 e. The van der Waals surface area contributed by atoms with Crippen LogP contribution in [0.5, 0.6) is 0 Å². The third-order valence-electron chi connectivity index (χ3n) is 3.25. The first-order valence-corrected chi connectivity index (χ1v) is 7.59. The van der Waals surface area contributed by atoms with Gasteiger partial charge in [0.2, 0.25) is 0 Å². The average molecular weight is 279 g/mol. The number of hydrogen-bond acceptors (Lipinski definition) is 3. The van der Waals surface area contributed by atoms with Crippen LogP contribution in [0.1, 0.15) is 37.9 Å². The van der Waals surface area contributed by atoms with Gasteiger partial charge in [0, 0.05) is 6.61 Å². The number of ether oxygens (including phenoxy) is 2. The Labute approximate surface area is 123 Å². The van der Waals surface area contributed by atoms with Crippen LogP contribution in [-0.2, 0) is 15.9 Å². The predicted molar refractivity (Wildman–Crippen MR) is 84.1 cm³/mol. The molecule has 0 fully saturated rings. The van der Waals surface area contributed by atoms with E-state index in [-0.39, 0.29) is 6.04 Å². The van der Waals surface area contributed by atoms with Crippen molar-refractivity contribution in [2.24, 2.45) is 5.92 Å². The summed E-state index contributed by atoms with van der Waals surface area (Å²) in [5.41, 5.74) is 2.64. The lowest BCUT2D eigenvalue weighted by Crippen LogP contribution is -2.23. The molecule has 3 heteroatoms. The topological polar surface area (TPSA) is 30.5 Å². The van der Waals surface area contributed by atoms with E-state index in [9.17, 15) is 0 Å². The van der Waals surface area contributed by atoms with Crippen LogP contribution in [0.3, 0.4) is 0 Å². The Balaban J connectivity index is 2.28. The first-order chi connectivity index (χ1) is 9.67. The molecule has 0 aromatic heterocycles. The number of nitrogens with one attached hydrogen (secondary N) is 1. The predicted octanol–water partition coefficient (Wildman–Crippen LogP) is 3.20. The summed E-state index contributed by atoms with van der Waals surface area (Å²) in [5, 5.41) is 3.30. The molecule has 0 aliphatic heterocycles. The number of likely N-dealkylation sites (N-methyl/N-ethyl adjacent to an activating group) is 1. The molecule has 0 aliphatic rings. The van der Waals surface area contributed by atoms with Crippen LogP contribution in [0.15, 0.2) is 24.3 Å². The highest BCUT2D eigenvalue weighted by molar-refractivity contribution is 5.25. The van der Waals surface area contributed by atoms with Crippen LogP contribution in [-0.4, -0.2) is 33.5 Å². The SMILES string of the molecule is CCc1ccc(C(COCCOCC(C)C)NC)cc1. The molecule has 0 saturated heterocycles. The van der Waals surface area contributed by atoms with Crippen LogP contribution in [0.2, 0.25) is 0 Å². The van der Waals surface area contributed by atoms with Crippen molar-refractivity contribution < 1.29 is 9.47 Å². The molecule has 0 saturated carbocycles. The van der Waals surface area contributed by atoms with E-state index >= 15 is 0 Å². The van der Waals surface area contributed by atoms with Gasteiger partial charge in [0.25, 0.3) is 0 Å². The van der Waals surface area contributed by atoms with Crippen LogP contribution < -0.4 is 5.32 Å². The lowest BCUT2D eigenvalue weighted by molar-refractivity contribution is 0.0309. The second-order valence-electron chi connectivity index (χ2n) is 5.48. The summed E-state index contributed by atoms with van der Waals surface area (Å²) in [4.78, 5) is 0. The zero-order valence-corrected chi connectivity index (χ0v) is 13.3. The molecule has 3 nitrogen and oxygen atoms in total. The number of rotatable bonds is 10. The van der Waals surface area contributed by atoms with E-state index in [1.165, 1.54) is 11.1 Å². The molecule has 1 atom stereocenters. The van der Waals surface area contributed by atoms with Gasteiger partial charge in [-0.3, -0.25) is 0 Å². The second-order valence-corrected chi connectivity index (χ2v) is 5.48. The fourth-order valence-corrected chi connectivity index (χ4v) is 1.97. The molecule has 1 aromatic rings. The van der Waals surface area contributed by atoms with Crippen LogP contribution >= 0.6 is 0 Å². The van der Waals surface area contributed by atoms with Gasteiger partial charge >= 0.3 is 0 Å². The maximum absolute atomic E-state index is 5.69. The van der Waals surface area contributed by atoms with Gasteiger partial charge in [-0.1, -0.05) is 45.0 Å². The fourth-order valence-electron chi connectivity index (χ4n) is 1.97. The lowest BCUT2D eigenvalue weighted by Gasteiger charge is -2.17. The quantitative estimate of drug-likeness (QED) is 0.667. The monoisotopic (exact) mass is 279 g/mol. The Bertz CT molecular complexity index is 349. The van der Waals surface area contributed by atoms with Crippen LogP contribution in [0.4, 0.5) is 0 Å². The van der Waals surface area contributed by atoms with Crippen molar-refractivity contribution in [1.82, 2.24) is 5.32 Å². The molecule has 1 N–H and O–H groups in total. The van der Waals surface area contributed by atoms with Gasteiger partial charge in [-0.2, -0.15) is 0 Å². The summed E-state index contributed by atoms with van der Waals surface area (Å²) in [5.74, 6) is 0.581. The van der Waals surface area contributed by atoms with Gasteiger partial charge in [0.1, 0.15) is 0 Å². The highest BCUT2D eigenvalue weighted by Crippen LogP contribution is 2.14. The van der Waals surface area contributed by atoms with E-state index in [1.807, 2.05) is 7.05 Å². The second kappa shape index (κ2) is 9.92. The molecule has 0 amide bonds. The summed E-state index contributed by atoms with van der Waals surface area (Å²) < 4.78 is 11.2. The molecule has 0 aliphatic carbocycles. The number of benzene rings is 1. The summed E-state index contributed by atoms with van der Waals surface area (Å²) in [6.45, 7) is 9.27. The molecule has 0 bridgehead atoms. The minimum atomic E-state index is 0.242. The van der Waals surface area contributed by atoms with E-state index in [0.29, 0.717) is 25.7 Å². The third-order valence-corrected chi connectivity index (χ3v) is 3.25. The third kappa shape index (κ3) is 6.51. The number of hydrogen-bond donors (Lipinski definition) is 1. The van der Waals surface area contributed by atoms with Crippen molar-refractivity contribution in [3.8, 4) is 0 Å². The van der Waals surface area contributed by atoms with Gasteiger partial charge in [-0.25, -0.2) is 0 Å². The minimum Gasteiger partial charge on any atom is -0.379 e. The van der Waals surface area contributed by atoms with Gasteiger partial charge in [0.15, 0.2) is 0 Å². The molecule has 0 radical (unpaired) electrons. The molecule has 0 spiro atoms. The summed E-state index contributed by atoms with van der Waals surface area (Å²) >= 11 is 0. The fraction of sp³-hybridized carbons (Fsp3) is 0.647. The Kier molecular flexibility index (Phi) is 8.51. The Morgan fingerprint density at radius 3 is 2.10 bits per heavy atom. The zero-order valence-electron chi connectivity index (χ0n) is 13.3. The van der Waals surface area contributed by atoms with Crippen LogP contribution in [0.25, 0.3) is 0 Å². The normalized spacial score (nSPS) is 12.8. The lowest BCUT2D eigenvalue weighted by atomic mass is 10.0. The van der Waals surface area contributed by atoms with E-state index in [2.05, 4.69) is 50.4 Å². The highest BCUT2D eigenvalue weighted by Gasteiger charge is 2.09. The van der Waals surface area contributed by atoms with E-state index in [0.717, 1.165) is 13.0 Å². The van der Waals surface area contributed by atoms with E-state index < -0.39 is 0 Å². The van der Waals surface area contributed by atoms with Crippen molar-refractivity contribution >= 4 is 0 Å². The largest absolute Gasteiger partial charge is 0.379 e. The van der Waals surface area contributed by atoms with Crippen molar-refractivity contribution in [3.05, 3.63) is 35.4 Å². The van der Waals surface area contributed by atoms with E-state index in [1.54, 1.807) is 0 Å². The Hall–Kier alpha value is -0.900. The molecule has 1 rings (SSSR count). The van der Waals surface area contributed by atoms with Crippen molar-refractivity contribution in [2.75, 3.05) is 33.5 Å². The van der Waals surface area contributed by atoms with Gasteiger partial charge in [-0.15, -0.1) is 0 Å². The summed E-state index contributed by atoms with van der Waals surface area (Å²) in [7, 11) is 1.97. The summed E-state index contributed by atoms with van der Waals surface area (Å²) in [6.07, 6.45) is 1.08. The highest BCUT2D eigenvalue weighted by atomic mass is 16.5. The average Bonchev–Trinajstić information content (AvgIpc) is 2.46. The minimum absolute atomic E-state index is 0.242. The summed E-state index contributed by atoms with van der Waals surface area (Å²) in [6, 6.07) is 8.97. The molecule has 1 aromatic carbocycles. The van der Waals surface area contributed by atoms with E-state index in [4.69, 9.17) is 9.47 Å². The van der Waals surface area contributed by atoms with Gasteiger partial charge in [0.05, 0.1) is 25.9 Å². The zero-order chi connectivity index (χ0) is 14.8. The first-order valence-electron chi connectivity index (χ1n) is 7.59. The van der Waals surface area contributed by atoms with Crippen molar-refractivity contribution in [2.45, 2.75) is 33.2 Å². The Morgan fingerprint density at radius 1 is 1.00 bits per heavy atom. The van der Waals surface area contributed by atoms with Crippen molar-refractivity contribution in [1.29, 1.82) is 0 Å². The standard InChI is InChI=1S/C17H29NO2/c1-5-15-6-8-16(9-7-15)17(18-4)13-20-11-10-19-12-14(2)3/h6-9,14,17-18H,5,10-13H2,1-4H3. The maximum Gasteiger partial charge on any atom is 0.0701 e. The van der Waals surface area contributed by atoms with Crippen LogP contribution in [0, 0.1) is 5.92 Å². The maximum atomic E-state index is 5.69. The van der Waals surface area contributed by atoms with Gasteiger partial charge < -0.3 is 14.8 Å². The molecular formula is C17H29NO2. The molecule has 20 heavy (non-hydrogen) atoms. The first kappa shape index (κ1) is 17.2. The Morgan fingerprint density at radius 2 is 1.60 bits per heavy atom. The number of aryl methyl sites for hydroxylation is 1. The molecule has 114 valence electrons. The molecule has 0 heterocycles. The molecule has 1 unspecified atom stereocenters. The van der Waals surface area contributed by atoms with Crippen molar-refractivity contribution in [3.63, 3.8) is 0 Å². The van der Waals surface area contributed by atoms with Gasteiger partial charge in [-0.05, 0) is 30.5 Å².